The molecule has 1 aliphatic carbocycles. The number of amides is 1. The molecular formula is C21H35N2O4P. The molecule has 1 aliphatic rings. The summed E-state index contributed by atoms with van der Waals surface area (Å²) in [6.45, 7) is 3.87. The van der Waals surface area contributed by atoms with Crippen LogP contribution in [0.2, 0.25) is 0 Å². The lowest BCUT2D eigenvalue weighted by Gasteiger charge is -2.26. The van der Waals surface area contributed by atoms with Crippen molar-refractivity contribution < 1.29 is 19.4 Å². The average molecular weight is 410 g/mol. The van der Waals surface area contributed by atoms with E-state index in [-0.39, 0.29) is 36.6 Å². The Bertz CT molecular complexity index is 647. The van der Waals surface area contributed by atoms with Gasteiger partial charge in [-0.25, -0.2) is 0 Å². The van der Waals surface area contributed by atoms with Gasteiger partial charge in [0.25, 0.3) is 0 Å². The highest BCUT2D eigenvalue weighted by atomic mass is 31.2. The van der Waals surface area contributed by atoms with Crippen LogP contribution in [0, 0.1) is 11.8 Å². The third-order valence-corrected chi connectivity index (χ3v) is 7.40. The van der Waals surface area contributed by atoms with Gasteiger partial charge in [0, 0.05) is 18.4 Å². The zero-order valence-electron chi connectivity index (χ0n) is 17.0. The Morgan fingerprint density at radius 2 is 1.82 bits per heavy atom. The number of hydrogen-bond donors (Lipinski definition) is 4. The molecule has 1 aromatic carbocycles. The lowest BCUT2D eigenvalue weighted by atomic mass is 9.91. The lowest BCUT2D eigenvalue weighted by Crippen LogP contribution is -2.45. The smallest absolute Gasteiger partial charge is 0.242 e. The highest BCUT2D eigenvalue weighted by Crippen LogP contribution is 2.45. The van der Waals surface area contributed by atoms with E-state index >= 15 is 0 Å². The SMILES string of the molecule is CC(C)C(Nc1ccccc1)C(=O)NCC(O)CP(=O)(O)CC1CCCCC1. The van der Waals surface area contributed by atoms with Crippen molar-refractivity contribution in [3.8, 4) is 0 Å². The molecule has 1 aromatic rings. The number of hydrogen-bond acceptors (Lipinski definition) is 4. The quantitative estimate of drug-likeness (QED) is 0.443. The number of carbonyl (C=O) groups is 1. The van der Waals surface area contributed by atoms with Gasteiger partial charge in [-0.3, -0.25) is 9.36 Å². The zero-order chi connectivity index (χ0) is 20.6. The first kappa shape index (κ1) is 22.9. The molecule has 28 heavy (non-hydrogen) atoms. The van der Waals surface area contributed by atoms with Crippen LogP contribution in [0.4, 0.5) is 5.69 Å². The minimum absolute atomic E-state index is 0.0201. The van der Waals surface area contributed by atoms with Gasteiger partial charge < -0.3 is 20.6 Å². The van der Waals surface area contributed by atoms with Gasteiger partial charge in [0.2, 0.25) is 13.3 Å². The fraction of sp³-hybridized carbons (Fsp3) is 0.667. The number of rotatable bonds is 10. The van der Waals surface area contributed by atoms with E-state index in [9.17, 15) is 19.4 Å². The number of anilines is 1. The molecule has 1 fully saturated rings. The number of carbonyl (C=O) groups excluding carboxylic acids is 1. The zero-order valence-corrected chi connectivity index (χ0v) is 17.9. The Morgan fingerprint density at radius 3 is 2.43 bits per heavy atom. The number of aliphatic hydroxyl groups excluding tert-OH is 1. The Kier molecular flexibility index (Phi) is 9.00. The van der Waals surface area contributed by atoms with Crippen LogP contribution in [0.5, 0.6) is 0 Å². The van der Waals surface area contributed by atoms with E-state index in [0.29, 0.717) is 0 Å². The highest BCUT2D eigenvalue weighted by molar-refractivity contribution is 7.58. The fourth-order valence-electron chi connectivity index (χ4n) is 3.82. The van der Waals surface area contributed by atoms with Gasteiger partial charge in [0.05, 0.1) is 12.3 Å². The molecule has 0 radical (unpaired) electrons. The second-order valence-corrected chi connectivity index (χ2v) is 10.8. The van der Waals surface area contributed by atoms with E-state index in [1.807, 2.05) is 44.2 Å². The molecule has 0 bridgehead atoms. The maximum atomic E-state index is 12.6. The van der Waals surface area contributed by atoms with Gasteiger partial charge in [0.1, 0.15) is 6.04 Å². The Morgan fingerprint density at radius 1 is 1.18 bits per heavy atom. The third kappa shape index (κ3) is 7.94. The second kappa shape index (κ2) is 11.0. The third-order valence-electron chi connectivity index (χ3n) is 5.32. The molecule has 3 unspecified atom stereocenters. The second-order valence-electron chi connectivity index (χ2n) is 8.35. The van der Waals surface area contributed by atoms with E-state index in [1.165, 1.54) is 6.42 Å². The number of para-hydroxylation sites is 1. The summed E-state index contributed by atoms with van der Waals surface area (Å²) in [5, 5.41) is 16.1. The van der Waals surface area contributed by atoms with Gasteiger partial charge in [-0.05, 0) is 36.8 Å². The number of benzene rings is 1. The fourth-order valence-corrected chi connectivity index (χ4v) is 5.93. The first-order valence-electron chi connectivity index (χ1n) is 10.3. The monoisotopic (exact) mass is 410 g/mol. The summed E-state index contributed by atoms with van der Waals surface area (Å²) < 4.78 is 12.5. The molecule has 1 saturated carbocycles. The van der Waals surface area contributed by atoms with Crippen LogP contribution in [0.3, 0.4) is 0 Å². The molecule has 0 aromatic heterocycles. The lowest BCUT2D eigenvalue weighted by molar-refractivity contribution is -0.123. The maximum absolute atomic E-state index is 12.6. The average Bonchev–Trinajstić information content (AvgIpc) is 2.65. The topological polar surface area (TPSA) is 98.7 Å². The van der Waals surface area contributed by atoms with Crippen molar-refractivity contribution in [2.24, 2.45) is 11.8 Å². The largest absolute Gasteiger partial charge is 0.391 e. The minimum atomic E-state index is -3.39. The van der Waals surface area contributed by atoms with Crippen molar-refractivity contribution in [3.05, 3.63) is 30.3 Å². The van der Waals surface area contributed by atoms with Crippen molar-refractivity contribution in [3.63, 3.8) is 0 Å². The van der Waals surface area contributed by atoms with Crippen molar-refractivity contribution >= 4 is 19.0 Å². The Balaban J connectivity index is 1.81. The van der Waals surface area contributed by atoms with Gasteiger partial charge in [-0.15, -0.1) is 0 Å². The molecule has 7 heteroatoms. The molecule has 0 spiro atoms. The molecule has 2 rings (SSSR count). The van der Waals surface area contributed by atoms with Crippen LogP contribution in [0.15, 0.2) is 30.3 Å². The van der Waals surface area contributed by atoms with Crippen LogP contribution in [0.25, 0.3) is 0 Å². The predicted molar refractivity (Wildman–Crippen MR) is 114 cm³/mol. The van der Waals surface area contributed by atoms with Crippen LogP contribution >= 0.6 is 7.37 Å². The molecule has 0 saturated heterocycles. The summed E-state index contributed by atoms with van der Waals surface area (Å²) >= 11 is 0. The van der Waals surface area contributed by atoms with Crippen molar-refractivity contribution in [2.75, 3.05) is 24.2 Å². The van der Waals surface area contributed by atoms with Crippen molar-refractivity contribution in [1.29, 1.82) is 0 Å². The van der Waals surface area contributed by atoms with E-state index < -0.39 is 19.5 Å². The Hall–Kier alpha value is -1.36. The molecule has 0 aliphatic heterocycles. The summed E-state index contributed by atoms with van der Waals surface area (Å²) in [5.74, 6) is 0.109. The molecule has 0 heterocycles. The van der Waals surface area contributed by atoms with E-state index in [2.05, 4.69) is 10.6 Å². The van der Waals surface area contributed by atoms with Gasteiger partial charge in [-0.2, -0.15) is 0 Å². The first-order valence-corrected chi connectivity index (χ1v) is 12.4. The summed E-state index contributed by atoms with van der Waals surface area (Å²) in [5.41, 5.74) is 0.851. The summed E-state index contributed by atoms with van der Waals surface area (Å²) in [6, 6.07) is 9.04. The van der Waals surface area contributed by atoms with Crippen molar-refractivity contribution in [2.45, 2.75) is 58.1 Å². The molecular weight excluding hydrogens is 375 g/mol. The molecule has 3 atom stereocenters. The molecule has 4 N–H and O–H groups in total. The number of aliphatic hydroxyl groups is 1. The standard InChI is InChI=1S/C21H35N2O4P/c1-16(2)20(23-18-11-7-4-8-12-18)21(25)22-13-19(24)15-28(26,27)14-17-9-5-3-6-10-17/h4,7-8,11-12,16-17,19-20,23-24H,3,5-6,9-10,13-15H2,1-2H3,(H,22,25)(H,26,27). The van der Waals surface area contributed by atoms with Crippen molar-refractivity contribution in [1.82, 2.24) is 5.32 Å². The van der Waals surface area contributed by atoms with Crippen LogP contribution < -0.4 is 10.6 Å². The molecule has 158 valence electrons. The summed E-state index contributed by atoms with van der Waals surface area (Å²) in [4.78, 5) is 22.8. The normalized spacial score (nSPS) is 19.6. The molecule has 6 nitrogen and oxygen atoms in total. The van der Waals surface area contributed by atoms with E-state index in [0.717, 1.165) is 31.4 Å². The first-order chi connectivity index (χ1) is 13.3. The van der Waals surface area contributed by atoms with Gasteiger partial charge in [0.15, 0.2) is 0 Å². The van der Waals surface area contributed by atoms with Crippen LogP contribution in [-0.2, 0) is 9.36 Å². The van der Waals surface area contributed by atoms with Crippen LogP contribution in [0.1, 0.15) is 46.0 Å². The van der Waals surface area contributed by atoms with Gasteiger partial charge >= 0.3 is 0 Å². The van der Waals surface area contributed by atoms with E-state index in [1.54, 1.807) is 0 Å². The molecule has 1 amide bonds. The predicted octanol–water partition coefficient (Wildman–Crippen LogP) is 3.45. The maximum Gasteiger partial charge on any atom is 0.242 e. The van der Waals surface area contributed by atoms with E-state index in [4.69, 9.17) is 0 Å². The number of nitrogens with one attached hydrogen (secondary N) is 2. The summed E-state index contributed by atoms with van der Waals surface area (Å²) in [7, 11) is -3.39. The van der Waals surface area contributed by atoms with Gasteiger partial charge in [-0.1, -0.05) is 51.3 Å². The Labute approximate surface area is 168 Å². The minimum Gasteiger partial charge on any atom is -0.391 e. The van der Waals surface area contributed by atoms with Crippen LogP contribution in [-0.4, -0.2) is 46.9 Å². The highest BCUT2D eigenvalue weighted by Gasteiger charge is 2.29. The summed E-state index contributed by atoms with van der Waals surface area (Å²) in [6.07, 6.45) is 4.53.